The van der Waals surface area contributed by atoms with Gasteiger partial charge in [0.05, 0.1) is 0 Å². The van der Waals surface area contributed by atoms with Crippen LogP contribution in [-0.4, -0.2) is 72.1 Å². The van der Waals surface area contributed by atoms with Crippen LogP contribution in [0.25, 0.3) is 0 Å². The van der Waals surface area contributed by atoms with E-state index in [-0.39, 0.29) is 37.1 Å². The highest BCUT2D eigenvalue weighted by Gasteiger charge is 2.17. The van der Waals surface area contributed by atoms with E-state index in [9.17, 15) is 19.2 Å². The fraction of sp³-hybridized carbons (Fsp3) is 0.619. The summed E-state index contributed by atoms with van der Waals surface area (Å²) in [6, 6.07) is 19.6. The van der Waals surface area contributed by atoms with E-state index in [0.29, 0.717) is 25.9 Å². The Morgan fingerprint density at radius 3 is 1.21 bits per heavy atom. The molecule has 0 heterocycles. The number of carbonyl (C=O) groups is 4. The summed E-state index contributed by atoms with van der Waals surface area (Å²) < 4.78 is 10.5. The van der Waals surface area contributed by atoms with Crippen molar-refractivity contribution in [1.82, 2.24) is 20.4 Å². The molecular weight excluding hydrogens is 656 g/mol. The Balaban J connectivity index is 1.46. The first-order valence-electron chi connectivity index (χ1n) is 19.7. The molecule has 0 atom stereocenters. The zero-order valence-electron chi connectivity index (χ0n) is 32.4. The van der Waals surface area contributed by atoms with Gasteiger partial charge in [0.2, 0.25) is 11.8 Å². The van der Waals surface area contributed by atoms with E-state index in [1.807, 2.05) is 70.5 Å². The summed E-state index contributed by atoms with van der Waals surface area (Å²) in [5, 5.41) is 5.57. The van der Waals surface area contributed by atoms with Gasteiger partial charge >= 0.3 is 12.2 Å². The van der Waals surface area contributed by atoms with Crippen LogP contribution in [0, 0.1) is 0 Å². The summed E-state index contributed by atoms with van der Waals surface area (Å²) >= 11 is 0. The number of carbonyl (C=O) groups excluding carboxylic acids is 4. The van der Waals surface area contributed by atoms with Gasteiger partial charge in [-0.3, -0.25) is 9.59 Å². The lowest BCUT2D eigenvalue weighted by Gasteiger charge is -2.27. The minimum atomic E-state index is -0.413. The van der Waals surface area contributed by atoms with Crippen molar-refractivity contribution in [2.75, 3.05) is 26.2 Å². The fourth-order valence-corrected chi connectivity index (χ4v) is 5.99. The molecule has 2 N–H and O–H groups in total. The van der Waals surface area contributed by atoms with E-state index in [4.69, 9.17) is 9.47 Å². The molecule has 0 aromatic heterocycles. The predicted molar refractivity (Wildman–Crippen MR) is 208 cm³/mol. The van der Waals surface area contributed by atoms with Gasteiger partial charge in [-0.05, 0) is 77.3 Å². The molecule has 52 heavy (non-hydrogen) atoms. The molecular formula is C42H66N4O6. The second-order valence-corrected chi connectivity index (χ2v) is 14.1. The number of alkyl carbamates (subject to hydrolysis) is 2. The third kappa shape index (κ3) is 20.7. The summed E-state index contributed by atoms with van der Waals surface area (Å²) in [6.07, 6.45) is 11.7. The third-order valence-electron chi connectivity index (χ3n) is 9.03. The van der Waals surface area contributed by atoms with Gasteiger partial charge in [-0.25, -0.2) is 9.59 Å². The maximum atomic E-state index is 12.9. The molecule has 0 radical (unpaired) electrons. The van der Waals surface area contributed by atoms with Crippen LogP contribution in [0.3, 0.4) is 0 Å². The highest BCUT2D eigenvalue weighted by atomic mass is 16.6. The zero-order valence-corrected chi connectivity index (χ0v) is 32.4. The number of rotatable bonds is 27. The van der Waals surface area contributed by atoms with E-state index in [0.717, 1.165) is 101 Å². The first kappa shape index (κ1) is 44.1. The van der Waals surface area contributed by atoms with Crippen LogP contribution in [0.15, 0.2) is 60.7 Å². The van der Waals surface area contributed by atoms with E-state index in [1.165, 1.54) is 0 Å². The Morgan fingerprint density at radius 1 is 0.500 bits per heavy atom. The van der Waals surface area contributed by atoms with Gasteiger partial charge in [0.25, 0.3) is 0 Å². The van der Waals surface area contributed by atoms with Crippen molar-refractivity contribution >= 4 is 24.0 Å². The Hall–Kier alpha value is -4.08. The number of nitrogens with zero attached hydrogens (tertiary/aromatic N) is 2. The lowest BCUT2D eigenvalue weighted by Crippen LogP contribution is -2.37. The number of hydrogen-bond acceptors (Lipinski definition) is 6. The molecule has 4 amide bonds. The van der Waals surface area contributed by atoms with E-state index in [1.54, 1.807) is 0 Å². The largest absolute Gasteiger partial charge is 0.445 e. The van der Waals surface area contributed by atoms with E-state index >= 15 is 0 Å². The van der Waals surface area contributed by atoms with Gasteiger partial charge in [-0.2, -0.15) is 0 Å². The van der Waals surface area contributed by atoms with Crippen molar-refractivity contribution in [3.8, 4) is 0 Å². The number of benzene rings is 2. The van der Waals surface area contributed by atoms with Crippen LogP contribution < -0.4 is 10.6 Å². The lowest BCUT2D eigenvalue weighted by molar-refractivity contribution is -0.134. The van der Waals surface area contributed by atoms with Gasteiger partial charge in [-0.15, -0.1) is 0 Å². The van der Waals surface area contributed by atoms with Gasteiger partial charge in [-0.1, -0.05) is 99.2 Å². The number of nitrogens with one attached hydrogen (secondary N) is 2. The van der Waals surface area contributed by atoms with Gasteiger partial charge in [0.1, 0.15) is 13.2 Å². The highest BCUT2D eigenvalue weighted by Crippen LogP contribution is 2.13. The summed E-state index contributed by atoms with van der Waals surface area (Å²) in [4.78, 5) is 53.6. The third-order valence-corrected chi connectivity index (χ3v) is 9.03. The molecule has 0 saturated heterocycles. The molecule has 0 unspecified atom stereocenters. The lowest BCUT2D eigenvalue weighted by atomic mass is 10.1. The van der Waals surface area contributed by atoms with Crippen LogP contribution in [0.2, 0.25) is 0 Å². The second-order valence-electron chi connectivity index (χ2n) is 14.1. The number of hydrogen-bond donors (Lipinski definition) is 2. The standard InChI is InChI=1S/C42H66N4O6/c1-35(2)45(39(47)27-17-11-19-29-43-41(49)51-33-37-23-13-9-14-24-37)31-21-7-5-6-8-22-32-46(36(3)4)40(48)28-18-12-20-30-44-42(50)52-34-38-25-15-10-16-26-38/h9-10,13-16,23-26,35-36H,5-8,11-12,17-22,27-34H2,1-4H3,(H,43,49)(H,44,50). The van der Waals surface area contributed by atoms with Crippen molar-refractivity contribution in [1.29, 1.82) is 0 Å². The Bertz CT molecular complexity index is 1160. The summed E-state index contributed by atoms with van der Waals surface area (Å²) in [6.45, 7) is 11.5. The molecule has 0 aliphatic carbocycles. The predicted octanol–water partition coefficient (Wildman–Crippen LogP) is 8.77. The van der Waals surface area contributed by atoms with Gasteiger partial charge in [0.15, 0.2) is 0 Å². The Kier molecular flexibility index (Phi) is 23.4. The average molecular weight is 723 g/mol. The highest BCUT2D eigenvalue weighted by molar-refractivity contribution is 5.76. The molecule has 0 saturated carbocycles. The molecule has 0 aliphatic rings. The smallest absolute Gasteiger partial charge is 0.407 e. The second kappa shape index (κ2) is 27.6. The molecule has 10 nitrogen and oxygen atoms in total. The van der Waals surface area contributed by atoms with Crippen LogP contribution in [0.1, 0.15) is 129 Å². The molecule has 2 aromatic rings. The van der Waals surface area contributed by atoms with Crippen LogP contribution >= 0.6 is 0 Å². The van der Waals surface area contributed by atoms with Crippen molar-refractivity contribution in [2.45, 2.75) is 143 Å². The molecule has 2 aromatic carbocycles. The Morgan fingerprint density at radius 2 is 0.846 bits per heavy atom. The molecule has 0 aliphatic heterocycles. The number of unbranched alkanes of at least 4 members (excludes halogenated alkanes) is 9. The first-order chi connectivity index (χ1) is 25.2. The molecule has 290 valence electrons. The van der Waals surface area contributed by atoms with Crippen LogP contribution in [-0.2, 0) is 32.3 Å². The Labute approximate surface area is 313 Å². The van der Waals surface area contributed by atoms with Crippen molar-refractivity contribution in [3.63, 3.8) is 0 Å². The van der Waals surface area contributed by atoms with E-state index in [2.05, 4.69) is 38.3 Å². The van der Waals surface area contributed by atoms with Crippen LogP contribution in [0.4, 0.5) is 9.59 Å². The fourth-order valence-electron chi connectivity index (χ4n) is 5.99. The average Bonchev–Trinajstić information content (AvgIpc) is 3.13. The summed E-state index contributed by atoms with van der Waals surface area (Å²) in [5.41, 5.74) is 1.91. The van der Waals surface area contributed by atoms with Gasteiger partial charge < -0.3 is 29.9 Å². The van der Waals surface area contributed by atoms with E-state index < -0.39 is 12.2 Å². The first-order valence-corrected chi connectivity index (χ1v) is 19.7. The molecule has 0 spiro atoms. The molecule has 0 bridgehead atoms. The minimum absolute atomic E-state index is 0.179. The summed E-state index contributed by atoms with van der Waals surface area (Å²) in [5.74, 6) is 0.416. The molecule has 2 rings (SSSR count). The zero-order chi connectivity index (χ0) is 37.8. The molecule has 0 fully saturated rings. The summed E-state index contributed by atoms with van der Waals surface area (Å²) in [7, 11) is 0. The maximum absolute atomic E-state index is 12.9. The normalized spacial score (nSPS) is 11.0. The van der Waals surface area contributed by atoms with Gasteiger partial charge in [0, 0.05) is 51.1 Å². The minimum Gasteiger partial charge on any atom is -0.445 e. The van der Waals surface area contributed by atoms with Crippen molar-refractivity contribution in [3.05, 3.63) is 71.8 Å². The number of amides is 4. The maximum Gasteiger partial charge on any atom is 0.407 e. The molecule has 10 heteroatoms. The topological polar surface area (TPSA) is 117 Å². The van der Waals surface area contributed by atoms with Crippen LogP contribution in [0.5, 0.6) is 0 Å². The quantitative estimate of drug-likeness (QED) is 0.0891. The number of ether oxygens (including phenoxy) is 2. The van der Waals surface area contributed by atoms with Crippen molar-refractivity contribution < 1.29 is 28.7 Å². The van der Waals surface area contributed by atoms with Crippen molar-refractivity contribution in [2.24, 2.45) is 0 Å². The SMILES string of the molecule is CC(C)N(CCCCCCCCN(C(=O)CCCCCNC(=O)OCc1ccccc1)C(C)C)C(=O)CCCCCNC(=O)OCc1ccccc1. The monoisotopic (exact) mass is 722 g/mol.